The summed E-state index contributed by atoms with van der Waals surface area (Å²) in [5, 5.41) is 11.6. The van der Waals surface area contributed by atoms with E-state index in [1.54, 1.807) is 19.1 Å². The van der Waals surface area contributed by atoms with Crippen molar-refractivity contribution in [3.8, 4) is 17.1 Å². The summed E-state index contributed by atoms with van der Waals surface area (Å²) in [6, 6.07) is 7.18. The number of benzene rings is 1. The Labute approximate surface area is 187 Å². The Balaban J connectivity index is 1.85. The lowest BCUT2D eigenvalue weighted by Gasteiger charge is -2.31. The van der Waals surface area contributed by atoms with Crippen molar-refractivity contribution in [1.29, 1.82) is 0 Å². The fourth-order valence-corrected chi connectivity index (χ4v) is 4.68. The molecule has 1 N–H and O–H groups in total. The van der Waals surface area contributed by atoms with Gasteiger partial charge in [-0.05, 0) is 30.5 Å². The van der Waals surface area contributed by atoms with Gasteiger partial charge in [-0.3, -0.25) is 4.79 Å². The molecule has 32 heavy (non-hydrogen) atoms. The minimum absolute atomic E-state index is 0.0504. The highest BCUT2D eigenvalue weighted by Crippen LogP contribution is 2.43. The molecule has 0 fully saturated rings. The van der Waals surface area contributed by atoms with Gasteiger partial charge in [-0.25, -0.2) is 14.6 Å². The first-order chi connectivity index (χ1) is 15.3. The second-order valence-electron chi connectivity index (χ2n) is 7.88. The molecule has 5 rings (SSSR count). The fourth-order valence-electron chi connectivity index (χ4n) is 4.61. The van der Waals surface area contributed by atoms with E-state index >= 15 is 0 Å². The van der Waals surface area contributed by atoms with Gasteiger partial charge in [0.15, 0.2) is 5.60 Å². The smallest absolute Gasteiger partial charge is 0.409 e. The third-order valence-electron chi connectivity index (χ3n) is 6.31. The summed E-state index contributed by atoms with van der Waals surface area (Å²) in [4.78, 5) is 42.2. The van der Waals surface area contributed by atoms with E-state index in [2.05, 4.69) is 0 Å². The number of carbonyl (C=O) groups excluding carboxylic acids is 2. The predicted molar refractivity (Wildman–Crippen MR) is 116 cm³/mol. The summed E-state index contributed by atoms with van der Waals surface area (Å²) in [6.07, 6.45) is 0.741. The Kier molecular flexibility index (Phi) is 4.61. The van der Waals surface area contributed by atoms with E-state index in [-0.39, 0.29) is 36.4 Å². The summed E-state index contributed by atoms with van der Waals surface area (Å²) < 4.78 is 12.0. The van der Waals surface area contributed by atoms with Gasteiger partial charge >= 0.3 is 11.4 Å². The fraction of sp³-hybridized carbons (Fsp3) is 0.304. The number of ether oxygens (including phenoxy) is 2. The molecule has 0 aliphatic carbocycles. The van der Waals surface area contributed by atoms with Crippen molar-refractivity contribution in [2.45, 2.75) is 45.4 Å². The van der Waals surface area contributed by atoms with Crippen LogP contribution in [0.2, 0.25) is 0 Å². The number of carbonyl (C=O) groups is 2. The molecule has 8 nitrogen and oxygen atoms in total. The number of pyridine rings is 2. The molecular formula is C23H19ClN2O6. The molecule has 164 valence electrons. The first-order valence-corrected chi connectivity index (χ1v) is 10.7. The molecule has 4 heterocycles. The zero-order chi connectivity index (χ0) is 22.8. The summed E-state index contributed by atoms with van der Waals surface area (Å²) in [6.45, 7) is 3.52. The van der Waals surface area contributed by atoms with Gasteiger partial charge in [-0.2, -0.15) is 0 Å². The molecule has 0 spiro atoms. The maximum atomic E-state index is 13.3. The monoisotopic (exact) mass is 454 g/mol. The van der Waals surface area contributed by atoms with Gasteiger partial charge in [-0.15, -0.1) is 0 Å². The van der Waals surface area contributed by atoms with Crippen LogP contribution in [0.3, 0.4) is 0 Å². The third-order valence-corrected chi connectivity index (χ3v) is 6.39. The average molecular weight is 455 g/mol. The molecule has 0 radical (unpaired) electrons. The number of aliphatic hydroxyl groups is 1. The summed E-state index contributed by atoms with van der Waals surface area (Å²) in [7, 11) is 0. The van der Waals surface area contributed by atoms with E-state index in [9.17, 15) is 19.5 Å². The number of fused-ring (bicyclic) bond motifs is 5. The predicted octanol–water partition coefficient (Wildman–Crippen LogP) is 3.38. The maximum absolute atomic E-state index is 13.3. The number of cyclic esters (lactones) is 1. The van der Waals surface area contributed by atoms with E-state index in [0.29, 0.717) is 34.3 Å². The summed E-state index contributed by atoms with van der Waals surface area (Å²) in [5.41, 5.74) is 0.126. The number of aromatic nitrogens is 2. The van der Waals surface area contributed by atoms with Gasteiger partial charge in [-0.1, -0.05) is 26.0 Å². The van der Waals surface area contributed by atoms with Gasteiger partial charge in [0, 0.05) is 28.1 Å². The van der Waals surface area contributed by atoms with Crippen molar-refractivity contribution in [2.75, 3.05) is 0 Å². The molecule has 0 amide bonds. The van der Waals surface area contributed by atoms with Gasteiger partial charge in [0.2, 0.25) is 0 Å². The molecule has 1 aromatic carbocycles. The van der Waals surface area contributed by atoms with E-state index in [1.165, 1.54) is 4.57 Å². The number of nitrogens with zero attached hydrogens (tertiary/aromatic N) is 2. The highest BCUT2D eigenvalue weighted by Gasteiger charge is 2.45. The lowest BCUT2D eigenvalue weighted by Crippen LogP contribution is -2.44. The second kappa shape index (κ2) is 7.15. The highest BCUT2D eigenvalue weighted by molar-refractivity contribution is 6.61. The first-order valence-electron chi connectivity index (χ1n) is 10.3. The Bertz CT molecular complexity index is 1400. The minimum Gasteiger partial charge on any atom is -0.458 e. The lowest BCUT2D eigenvalue weighted by molar-refractivity contribution is -0.172. The Morgan fingerprint density at radius 2 is 2.09 bits per heavy atom. The molecule has 2 aromatic heterocycles. The van der Waals surface area contributed by atoms with E-state index in [4.69, 9.17) is 26.1 Å². The van der Waals surface area contributed by atoms with E-state index in [1.807, 2.05) is 19.1 Å². The number of halogens is 1. The Morgan fingerprint density at radius 1 is 1.31 bits per heavy atom. The van der Waals surface area contributed by atoms with Crippen LogP contribution < -0.4 is 10.3 Å². The number of hydrogen-bond acceptors (Lipinski definition) is 7. The number of aryl methyl sites for hydroxylation is 1. The van der Waals surface area contributed by atoms with Crippen LogP contribution in [0.5, 0.6) is 5.75 Å². The number of para-hydroxylation sites is 1. The topological polar surface area (TPSA) is 108 Å². The zero-order valence-electron chi connectivity index (χ0n) is 17.4. The van der Waals surface area contributed by atoms with Gasteiger partial charge < -0.3 is 19.1 Å². The summed E-state index contributed by atoms with van der Waals surface area (Å²) in [5.74, 6) is -0.536. The third kappa shape index (κ3) is 2.73. The number of rotatable bonds is 3. The zero-order valence-corrected chi connectivity index (χ0v) is 18.2. The van der Waals surface area contributed by atoms with Crippen molar-refractivity contribution in [3.05, 3.63) is 56.9 Å². The summed E-state index contributed by atoms with van der Waals surface area (Å²) >= 11 is 5.57. The highest BCUT2D eigenvalue weighted by atomic mass is 35.5. The molecule has 2 aliphatic rings. The van der Waals surface area contributed by atoms with Crippen LogP contribution >= 0.6 is 11.6 Å². The van der Waals surface area contributed by atoms with Crippen LogP contribution in [0.15, 0.2) is 29.1 Å². The Hall–Kier alpha value is -3.23. The van der Waals surface area contributed by atoms with Crippen molar-refractivity contribution in [2.24, 2.45) is 0 Å². The molecule has 0 saturated heterocycles. The van der Waals surface area contributed by atoms with Gasteiger partial charge in [0.05, 0.1) is 29.0 Å². The molecular weight excluding hydrogens is 436 g/mol. The van der Waals surface area contributed by atoms with Crippen LogP contribution in [0.25, 0.3) is 22.3 Å². The average Bonchev–Trinajstić information content (AvgIpc) is 3.15. The van der Waals surface area contributed by atoms with Crippen molar-refractivity contribution >= 4 is 33.9 Å². The lowest BCUT2D eigenvalue weighted by atomic mass is 9.86. The van der Waals surface area contributed by atoms with Crippen LogP contribution in [-0.4, -0.2) is 26.1 Å². The molecule has 0 bridgehead atoms. The van der Waals surface area contributed by atoms with Crippen LogP contribution in [0.4, 0.5) is 4.79 Å². The van der Waals surface area contributed by atoms with Crippen molar-refractivity contribution < 1.29 is 24.2 Å². The largest absolute Gasteiger partial charge is 0.458 e. The molecule has 9 heteroatoms. The molecule has 0 saturated carbocycles. The van der Waals surface area contributed by atoms with Gasteiger partial charge in [0.1, 0.15) is 12.4 Å². The molecule has 3 aromatic rings. The Morgan fingerprint density at radius 3 is 2.78 bits per heavy atom. The van der Waals surface area contributed by atoms with E-state index in [0.717, 1.165) is 5.56 Å². The maximum Gasteiger partial charge on any atom is 0.409 e. The van der Waals surface area contributed by atoms with Crippen LogP contribution in [0, 0.1) is 0 Å². The normalized spacial score (nSPS) is 18.7. The van der Waals surface area contributed by atoms with Crippen molar-refractivity contribution in [1.82, 2.24) is 9.55 Å². The second-order valence-corrected chi connectivity index (χ2v) is 8.19. The van der Waals surface area contributed by atoms with Crippen molar-refractivity contribution in [3.63, 3.8) is 0 Å². The van der Waals surface area contributed by atoms with E-state index < -0.39 is 22.6 Å². The first kappa shape index (κ1) is 20.7. The standard InChI is InChI=1S/C23H19ClN2O6/c1-3-11-6-5-7-12-17(11)25-18-13(19(12)32-22(24)29)9-26-16(18)8-15-14(20(26)27)10-31-21(28)23(15,30)4-2/h5-8,30H,3-4,9-10H2,1-2H3/t23-/m0/s1. The molecule has 2 aliphatic heterocycles. The van der Waals surface area contributed by atoms with Gasteiger partial charge in [0.25, 0.3) is 5.56 Å². The van der Waals surface area contributed by atoms with Crippen LogP contribution in [-0.2, 0) is 34.7 Å². The number of esters is 1. The molecule has 1 atom stereocenters. The molecule has 0 unspecified atom stereocenters. The minimum atomic E-state index is -1.91. The quantitative estimate of drug-likeness (QED) is 0.373. The van der Waals surface area contributed by atoms with Crippen LogP contribution in [0.1, 0.15) is 42.5 Å². The number of hydrogen-bond donors (Lipinski definition) is 1. The SMILES string of the molecule is CCc1cccc2c(OC(=O)Cl)c3c(nc12)-c1cc2c(c(=O)n1C3)COC(=O)[C@]2(O)CC.